The van der Waals surface area contributed by atoms with Gasteiger partial charge in [-0.05, 0) is 17.9 Å². The van der Waals surface area contributed by atoms with Gasteiger partial charge in [-0.15, -0.1) is 0 Å². The smallest absolute Gasteiger partial charge is 0.118 e. The van der Waals surface area contributed by atoms with Gasteiger partial charge in [0, 0.05) is 0 Å². The highest BCUT2D eigenvalue weighted by atomic mass is 14.7. The Labute approximate surface area is 62.6 Å². The molecule has 0 aromatic heterocycles. The largest absolute Gasteiger partial charge is 0.384 e. The molecule has 0 bridgehead atoms. The SMILES string of the molecule is C=C(CC(C)CC)C(=N)N. The normalized spacial score (nSPS) is 12.6. The highest BCUT2D eigenvalue weighted by molar-refractivity contribution is 5.93. The molecule has 0 aromatic carbocycles. The summed E-state index contributed by atoms with van der Waals surface area (Å²) < 4.78 is 0. The minimum Gasteiger partial charge on any atom is -0.384 e. The van der Waals surface area contributed by atoms with Gasteiger partial charge < -0.3 is 5.73 Å². The van der Waals surface area contributed by atoms with Gasteiger partial charge in [0.15, 0.2) is 0 Å². The van der Waals surface area contributed by atoms with Crippen molar-refractivity contribution in [3.63, 3.8) is 0 Å². The van der Waals surface area contributed by atoms with E-state index in [0.717, 1.165) is 18.4 Å². The summed E-state index contributed by atoms with van der Waals surface area (Å²) in [4.78, 5) is 0. The maximum absolute atomic E-state index is 7.05. The molecule has 0 radical (unpaired) electrons. The van der Waals surface area contributed by atoms with Gasteiger partial charge in [-0.1, -0.05) is 26.8 Å². The van der Waals surface area contributed by atoms with Gasteiger partial charge >= 0.3 is 0 Å². The van der Waals surface area contributed by atoms with E-state index >= 15 is 0 Å². The van der Waals surface area contributed by atoms with Crippen LogP contribution < -0.4 is 5.73 Å². The molecule has 1 unspecified atom stereocenters. The van der Waals surface area contributed by atoms with Crippen molar-refractivity contribution in [2.75, 3.05) is 0 Å². The van der Waals surface area contributed by atoms with Gasteiger partial charge in [0.05, 0.1) is 0 Å². The lowest BCUT2D eigenvalue weighted by atomic mass is 9.99. The molecule has 0 aromatic rings. The molecular weight excluding hydrogens is 124 g/mol. The van der Waals surface area contributed by atoms with Crippen LogP contribution in [0.15, 0.2) is 12.2 Å². The monoisotopic (exact) mass is 140 g/mol. The fourth-order valence-corrected chi connectivity index (χ4v) is 0.675. The molecule has 0 heterocycles. The average Bonchev–Trinajstić information content (AvgIpc) is 1.87. The van der Waals surface area contributed by atoms with Crippen LogP contribution in [0.1, 0.15) is 26.7 Å². The summed E-state index contributed by atoms with van der Waals surface area (Å²) in [5.74, 6) is 0.719. The summed E-state index contributed by atoms with van der Waals surface area (Å²) >= 11 is 0. The van der Waals surface area contributed by atoms with Crippen LogP contribution in [0.4, 0.5) is 0 Å². The summed E-state index contributed by atoms with van der Waals surface area (Å²) in [6, 6.07) is 0. The van der Waals surface area contributed by atoms with Crippen LogP contribution in [0.3, 0.4) is 0 Å². The van der Waals surface area contributed by atoms with E-state index in [1.54, 1.807) is 0 Å². The Balaban J connectivity index is 3.68. The van der Waals surface area contributed by atoms with E-state index < -0.39 is 0 Å². The van der Waals surface area contributed by atoms with E-state index in [-0.39, 0.29) is 5.84 Å². The lowest BCUT2D eigenvalue weighted by Gasteiger charge is -2.08. The Bertz CT molecular complexity index is 138. The first-order valence-electron chi connectivity index (χ1n) is 3.60. The first-order valence-corrected chi connectivity index (χ1v) is 3.60. The van der Waals surface area contributed by atoms with Crippen LogP contribution in [-0.2, 0) is 0 Å². The van der Waals surface area contributed by atoms with E-state index in [1.165, 1.54) is 0 Å². The number of nitrogens with two attached hydrogens (primary N) is 1. The van der Waals surface area contributed by atoms with Crippen molar-refractivity contribution in [2.24, 2.45) is 11.7 Å². The van der Waals surface area contributed by atoms with Gasteiger partial charge in [0.1, 0.15) is 5.84 Å². The number of rotatable bonds is 4. The summed E-state index contributed by atoms with van der Waals surface area (Å²) in [6.07, 6.45) is 1.97. The Morgan fingerprint density at radius 1 is 1.70 bits per heavy atom. The minimum atomic E-state index is 0.125. The molecule has 0 spiro atoms. The molecule has 0 rings (SSSR count). The van der Waals surface area contributed by atoms with E-state index in [9.17, 15) is 0 Å². The van der Waals surface area contributed by atoms with Gasteiger partial charge in [0.2, 0.25) is 0 Å². The first-order chi connectivity index (χ1) is 4.57. The van der Waals surface area contributed by atoms with E-state index in [1.807, 2.05) is 0 Å². The molecule has 0 aliphatic rings. The molecule has 0 saturated heterocycles. The van der Waals surface area contributed by atoms with Gasteiger partial charge in [-0.3, -0.25) is 5.41 Å². The van der Waals surface area contributed by atoms with Crippen molar-refractivity contribution < 1.29 is 0 Å². The zero-order valence-electron chi connectivity index (χ0n) is 6.78. The number of nitrogens with one attached hydrogen (secondary N) is 1. The number of hydrogen-bond acceptors (Lipinski definition) is 1. The van der Waals surface area contributed by atoms with Crippen molar-refractivity contribution in [2.45, 2.75) is 26.7 Å². The second-order valence-electron chi connectivity index (χ2n) is 2.73. The fourth-order valence-electron chi connectivity index (χ4n) is 0.675. The third-order valence-electron chi connectivity index (χ3n) is 1.67. The molecule has 0 amide bonds. The van der Waals surface area contributed by atoms with Crippen molar-refractivity contribution in [1.29, 1.82) is 5.41 Å². The Morgan fingerprint density at radius 2 is 2.20 bits per heavy atom. The topological polar surface area (TPSA) is 49.9 Å². The van der Waals surface area contributed by atoms with Crippen LogP contribution >= 0.6 is 0 Å². The van der Waals surface area contributed by atoms with Crippen LogP contribution in [0.5, 0.6) is 0 Å². The Morgan fingerprint density at radius 3 is 2.50 bits per heavy atom. The van der Waals surface area contributed by atoms with E-state index in [0.29, 0.717) is 5.92 Å². The van der Waals surface area contributed by atoms with Crippen LogP contribution in [0.25, 0.3) is 0 Å². The number of amidine groups is 1. The lowest BCUT2D eigenvalue weighted by molar-refractivity contribution is 0.565. The highest BCUT2D eigenvalue weighted by Gasteiger charge is 2.02. The van der Waals surface area contributed by atoms with Gasteiger partial charge in [-0.2, -0.15) is 0 Å². The second-order valence-corrected chi connectivity index (χ2v) is 2.73. The molecule has 0 fully saturated rings. The maximum atomic E-state index is 7.05. The third-order valence-corrected chi connectivity index (χ3v) is 1.67. The quantitative estimate of drug-likeness (QED) is 0.455. The van der Waals surface area contributed by atoms with Crippen LogP contribution in [-0.4, -0.2) is 5.84 Å². The molecule has 10 heavy (non-hydrogen) atoms. The van der Waals surface area contributed by atoms with E-state index in [2.05, 4.69) is 20.4 Å². The lowest BCUT2D eigenvalue weighted by Crippen LogP contribution is -2.13. The van der Waals surface area contributed by atoms with Crippen molar-refractivity contribution in [3.05, 3.63) is 12.2 Å². The molecule has 0 aliphatic heterocycles. The predicted molar refractivity (Wildman–Crippen MR) is 45.1 cm³/mol. The molecule has 3 N–H and O–H groups in total. The molecular formula is C8H16N2. The molecule has 0 saturated carbocycles. The predicted octanol–water partition coefficient (Wildman–Crippen LogP) is 1.91. The second kappa shape index (κ2) is 4.09. The standard InChI is InChI=1S/C8H16N2/c1-4-6(2)5-7(3)8(9)10/h6H,3-5H2,1-2H3,(H3,9,10). The van der Waals surface area contributed by atoms with Gasteiger partial charge in [-0.25, -0.2) is 0 Å². The maximum Gasteiger partial charge on any atom is 0.118 e. The average molecular weight is 140 g/mol. The summed E-state index contributed by atoms with van der Waals surface area (Å²) in [5, 5.41) is 7.05. The van der Waals surface area contributed by atoms with Gasteiger partial charge in [0.25, 0.3) is 0 Å². The van der Waals surface area contributed by atoms with Crippen molar-refractivity contribution >= 4 is 5.84 Å². The molecule has 2 heteroatoms. The highest BCUT2D eigenvalue weighted by Crippen LogP contribution is 2.11. The summed E-state index contributed by atoms with van der Waals surface area (Å²) in [7, 11) is 0. The van der Waals surface area contributed by atoms with Crippen molar-refractivity contribution in [3.8, 4) is 0 Å². The molecule has 58 valence electrons. The molecule has 1 atom stereocenters. The minimum absolute atomic E-state index is 0.125. The number of hydrogen-bond donors (Lipinski definition) is 2. The Hall–Kier alpha value is -0.790. The zero-order valence-corrected chi connectivity index (χ0v) is 6.78. The Kier molecular flexibility index (Phi) is 3.77. The first kappa shape index (κ1) is 9.21. The van der Waals surface area contributed by atoms with Crippen molar-refractivity contribution in [1.82, 2.24) is 0 Å². The van der Waals surface area contributed by atoms with Crippen LogP contribution in [0, 0.1) is 11.3 Å². The summed E-state index contributed by atoms with van der Waals surface area (Å²) in [5.41, 5.74) is 5.98. The molecule has 0 aliphatic carbocycles. The fraction of sp³-hybridized carbons (Fsp3) is 0.625. The molecule has 2 nitrogen and oxygen atoms in total. The summed E-state index contributed by atoms with van der Waals surface area (Å²) in [6.45, 7) is 7.95. The third kappa shape index (κ3) is 3.28. The zero-order chi connectivity index (χ0) is 8.15. The van der Waals surface area contributed by atoms with Crippen LogP contribution in [0.2, 0.25) is 0 Å². The van der Waals surface area contributed by atoms with E-state index in [4.69, 9.17) is 11.1 Å².